The summed E-state index contributed by atoms with van der Waals surface area (Å²) in [5.41, 5.74) is 0. The Hall–Kier alpha value is -0.220. The third kappa shape index (κ3) is 1.93. The SMILES string of the molecule is S=c1[nH]c(CC2CC2)ncc1Br. The molecule has 1 heterocycles. The summed E-state index contributed by atoms with van der Waals surface area (Å²) < 4.78 is 1.62. The highest BCUT2D eigenvalue weighted by Gasteiger charge is 2.22. The molecule has 2 rings (SSSR count). The molecule has 0 aliphatic heterocycles. The van der Waals surface area contributed by atoms with Crippen LogP contribution < -0.4 is 0 Å². The van der Waals surface area contributed by atoms with Crippen molar-refractivity contribution >= 4 is 28.1 Å². The number of H-pyrrole nitrogens is 1. The lowest BCUT2D eigenvalue weighted by Crippen LogP contribution is -1.96. The molecule has 0 radical (unpaired) electrons. The maximum Gasteiger partial charge on any atom is 0.120 e. The molecule has 0 bridgehead atoms. The van der Waals surface area contributed by atoms with Gasteiger partial charge in [-0.2, -0.15) is 0 Å². The van der Waals surface area contributed by atoms with Crippen molar-refractivity contribution in [2.45, 2.75) is 19.3 Å². The highest BCUT2D eigenvalue weighted by molar-refractivity contribution is 9.10. The molecule has 0 spiro atoms. The lowest BCUT2D eigenvalue weighted by atomic mass is 10.3. The predicted molar refractivity (Wildman–Crippen MR) is 53.5 cm³/mol. The molecule has 1 saturated carbocycles. The van der Waals surface area contributed by atoms with E-state index in [1.807, 2.05) is 0 Å². The van der Waals surface area contributed by atoms with Crippen molar-refractivity contribution < 1.29 is 0 Å². The number of aromatic amines is 1. The summed E-state index contributed by atoms with van der Waals surface area (Å²) in [4.78, 5) is 7.35. The van der Waals surface area contributed by atoms with Gasteiger partial charge in [-0.1, -0.05) is 12.2 Å². The normalized spacial score (nSPS) is 16.4. The third-order valence-corrected chi connectivity index (χ3v) is 3.17. The average Bonchev–Trinajstić information content (AvgIpc) is 2.81. The average molecular weight is 245 g/mol. The van der Waals surface area contributed by atoms with E-state index in [4.69, 9.17) is 12.2 Å². The summed E-state index contributed by atoms with van der Waals surface area (Å²) >= 11 is 8.38. The second-order valence-corrected chi connectivity index (χ2v) is 4.42. The molecular formula is C8H9BrN2S. The zero-order valence-electron chi connectivity index (χ0n) is 6.51. The van der Waals surface area contributed by atoms with Gasteiger partial charge in [0.25, 0.3) is 0 Å². The Morgan fingerprint density at radius 1 is 1.67 bits per heavy atom. The first-order valence-corrected chi connectivity index (χ1v) is 5.19. The van der Waals surface area contributed by atoms with Gasteiger partial charge in [-0.25, -0.2) is 4.98 Å². The van der Waals surface area contributed by atoms with E-state index in [1.165, 1.54) is 12.8 Å². The van der Waals surface area contributed by atoms with E-state index in [1.54, 1.807) is 6.20 Å². The van der Waals surface area contributed by atoms with E-state index in [2.05, 4.69) is 25.9 Å². The van der Waals surface area contributed by atoms with Crippen LogP contribution >= 0.6 is 28.1 Å². The zero-order valence-corrected chi connectivity index (χ0v) is 8.91. The van der Waals surface area contributed by atoms with Gasteiger partial charge in [0, 0.05) is 12.6 Å². The second kappa shape index (κ2) is 3.26. The summed E-state index contributed by atoms with van der Waals surface area (Å²) in [5.74, 6) is 1.87. The van der Waals surface area contributed by atoms with Crippen LogP contribution in [0.25, 0.3) is 0 Å². The third-order valence-electron chi connectivity index (χ3n) is 1.99. The smallest absolute Gasteiger partial charge is 0.120 e. The fourth-order valence-corrected chi connectivity index (χ4v) is 1.49. The number of rotatable bonds is 2. The van der Waals surface area contributed by atoms with Gasteiger partial charge in [0.2, 0.25) is 0 Å². The number of aromatic nitrogens is 2. The van der Waals surface area contributed by atoms with Crippen LogP contribution in [-0.2, 0) is 6.42 Å². The molecule has 0 unspecified atom stereocenters. The van der Waals surface area contributed by atoms with E-state index in [0.29, 0.717) is 0 Å². The van der Waals surface area contributed by atoms with Crippen molar-refractivity contribution in [1.82, 2.24) is 9.97 Å². The Kier molecular flexibility index (Phi) is 2.28. The van der Waals surface area contributed by atoms with Crippen molar-refractivity contribution in [3.63, 3.8) is 0 Å². The molecule has 1 fully saturated rings. The van der Waals surface area contributed by atoms with E-state index in [-0.39, 0.29) is 0 Å². The lowest BCUT2D eigenvalue weighted by molar-refractivity contribution is 0.765. The Bertz CT molecular complexity index is 343. The number of halogens is 1. The molecule has 2 nitrogen and oxygen atoms in total. The lowest BCUT2D eigenvalue weighted by Gasteiger charge is -1.98. The van der Waals surface area contributed by atoms with Crippen LogP contribution in [0.2, 0.25) is 0 Å². The molecule has 1 aromatic rings. The monoisotopic (exact) mass is 244 g/mol. The number of hydrogen-bond donors (Lipinski definition) is 1. The van der Waals surface area contributed by atoms with E-state index in [0.717, 1.165) is 27.3 Å². The van der Waals surface area contributed by atoms with Crippen LogP contribution in [0.15, 0.2) is 10.7 Å². The summed E-state index contributed by atoms with van der Waals surface area (Å²) in [6.07, 6.45) is 5.52. The van der Waals surface area contributed by atoms with Crippen LogP contribution in [0.3, 0.4) is 0 Å². The number of nitrogens with one attached hydrogen (secondary N) is 1. The highest BCUT2D eigenvalue weighted by Crippen LogP contribution is 2.31. The van der Waals surface area contributed by atoms with Gasteiger partial charge in [0.05, 0.1) is 4.47 Å². The van der Waals surface area contributed by atoms with Gasteiger partial charge >= 0.3 is 0 Å². The van der Waals surface area contributed by atoms with Gasteiger partial charge in [0.1, 0.15) is 10.5 Å². The van der Waals surface area contributed by atoms with E-state index >= 15 is 0 Å². The summed E-state index contributed by atoms with van der Waals surface area (Å²) in [6, 6.07) is 0. The van der Waals surface area contributed by atoms with Crippen LogP contribution in [0.4, 0.5) is 0 Å². The predicted octanol–water partition coefficient (Wildman–Crippen LogP) is 2.85. The maximum atomic E-state index is 5.07. The van der Waals surface area contributed by atoms with Crippen LogP contribution in [0.5, 0.6) is 0 Å². The molecule has 0 amide bonds. The molecule has 1 aliphatic rings. The molecule has 4 heteroatoms. The van der Waals surface area contributed by atoms with Gasteiger partial charge in [0.15, 0.2) is 0 Å². The minimum atomic E-state index is 0.751. The van der Waals surface area contributed by atoms with Gasteiger partial charge < -0.3 is 4.98 Å². The number of nitrogens with zero attached hydrogens (tertiary/aromatic N) is 1. The quantitative estimate of drug-likeness (QED) is 0.811. The number of hydrogen-bond acceptors (Lipinski definition) is 2. The molecule has 1 N–H and O–H groups in total. The fourth-order valence-electron chi connectivity index (χ4n) is 1.12. The Morgan fingerprint density at radius 3 is 3.00 bits per heavy atom. The minimum Gasteiger partial charge on any atom is -0.334 e. The Morgan fingerprint density at radius 2 is 2.42 bits per heavy atom. The second-order valence-electron chi connectivity index (χ2n) is 3.15. The molecule has 1 aromatic heterocycles. The van der Waals surface area contributed by atoms with Crippen LogP contribution in [0.1, 0.15) is 18.7 Å². The summed E-state index contributed by atoms with van der Waals surface area (Å²) in [6.45, 7) is 0. The minimum absolute atomic E-state index is 0.751. The largest absolute Gasteiger partial charge is 0.334 e. The molecule has 0 saturated heterocycles. The van der Waals surface area contributed by atoms with Crippen LogP contribution in [-0.4, -0.2) is 9.97 Å². The molecule has 0 aromatic carbocycles. The van der Waals surface area contributed by atoms with Gasteiger partial charge in [-0.05, 0) is 34.7 Å². The first-order chi connectivity index (χ1) is 5.75. The molecule has 12 heavy (non-hydrogen) atoms. The van der Waals surface area contributed by atoms with Crippen molar-refractivity contribution in [3.8, 4) is 0 Å². The van der Waals surface area contributed by atoms with E-state index in [9.17, 15) is 0 Å². The van der Waals surface area contributed by atoms with Crippen molar-refractivity contribution in [2.75, 3.05) is 0 Å². The fraction of sp³-hybridized carbons (Fsp3) is 0.500. The first kappa shape index (κ1) is 8.38. The molecular weight excluding hydrogens is 236 g/mol. The van der Waals surface area contributed by atoms with Crippen molar-refractivity contribution in [3.05, 3.63) is 21.1 Å². The maximum absolute atomic E-state index is 5.07. The summed E-state index contributed by atoms with van der Waals surface area (Å²) in [5, 5.41) is 0. The van der Waals surface area contributed by atoms with Crippen molar-refractivity contribution in [1.29, 1.82) is 0 Å². The topological polar surface area (TPSA) is 28.7 Å². The standard InChI is InChI=1S/C8H9BrN2S/c9-6-4-10-7(11-8(6)12)3-5-1-2-5/h4-5H,1-3H2,(H,10,11,12). The van der Waals surface area contributed by atoms with E-state index < -0.39 is 0 Å². The Balaban J connectivity index is 2.21. The molecule has 0 atom stereocenters. The molecule has 1 aliphatic carbocycles. The first-order valence-electron chi connectivity index (χ1n) is 3.99. The molecule has 64 valence electrons. The highest BCUT2D eigenvalue weighted by atomic mass is 79.9. The van der Waals surface area contributed by atoms with Gasteiger partial charge in [-0.3, -0.25) is 0 Å². The van der Waals surface area contributed by atoms with Crippen molar-refractivity contribution in [2.24, 2.45) is 5.92 Å². The zero-order chi connectivity index (χ0) is 8.55. The summed E-state index contributed by atoms with van der Waals surface area (Å²) in [7, 11) is 0. The Labute approximate surface area is 84.6 Å². The van der Waals surface area contributed by atoms with Gasteiger partial charge in [-0.15, -0.1) is 0 Å². The van der Waals surface area contributed by atoms with Crippen LogP contribution in [0, 0.1) is 10.6 Å².